The van der Waals surface area contributed by atoms with E-state index in [4.69, 9.17) is 18.3 Å². The van der Waals surface area contributed by atoms with Crippen LogP contribution in [0.1, 0.15) is 89.2 Å². The normalized spacial score (nSPS) is 43.6. The monoisotopic (exact) mass is 1070 g/mol. The van der Waals surface area contributed by atoms with Gasteiger partial charge in [0.25, 0.3) is 0 Å². The zero-order valence-corrected chi connectivity index (χ0v) is 43.9. The van der Waals surface area contributed by atoms with Crippen LogP contribution in [0.5, 0.6) is 0 Å². The highest BCUT2D eigenvalue weighted by Crippen LogP contribution is 2.70. The fourth-order valence-corrected chi connectivity index (χ4v) is 18.7. The molecule has 60 heavy (non-hydrogen) atoms. The van der Waals surface area contributed by atoms with Crippen LogP contribution < -0.4 is 0 Å². The second-order valence-electron chi connectivity index (χ2n) is 22.3. The first kappa shape index (κ1) is 44.3. The summed E-state index contributed by atoms with van der Waals surface area (Å²) in [5.74, 6) is 3.05. The Morgan fingerprint density at radius 3 is 1.35 bits per heavy atom. The number of alkyl halides is 2. The number of ether oxygens (including phenoxy) is 2. The number of hydrogen-bond donors (Lipinski definition) is 0. The van der Waals surface area contributed by atoms with Gasteiger partial charge in [0.1, 0.15) is 0 Å². The fraction of sp³-hybridized carbons (Fsp3) is 0.615. The first-order chi connectivity index (χ1) is 28.4. The quantitative estimate of drug-likeness (QED) is 0.114. The molecule has 4 nitrogen and oxygen atoms in total. The maximum absolute atomic E-state index is 7.36. The Balaban J connectivity index is 0.000000154. The van der Waals surface area contributed by atoms with Crippen molar-refractivity contribution in [3.05, 3.63) is 107 Å². The standard InChI is InChI=1S/2C26H35IO2Si/c2*1-19-14-23-25-13-9-8-12-21(25)16-24(18-27,28-25)17-26(23,29-30(2,3)4)22(19)15-20-10-6-5-7-11-20/h2*5-8,10-12,15,19,21,23H,9,13-14,16-18H2,1-4H3/b2*22-15-/t2*19-,21-,23+,24+,25-,26+/m10/s1. The predicted octanol–water partition coefficient (Wildman–Crippen LogP) is 14.0. The highest BCUT2D eigenvalue weighted by Gasteiger charge is 2.74. The van der Waals surface area contributed by atoms with Gasteiger partial charge in [-0.2, -0.15) is 0 Å². The second-order valence-corrected chi connectivity index (χ2v) is 32.6. The van der Waals surface area contributed by atoms with Crippen LogP contribution in [0.15, 0.2) is 96.1 Å². The van der Waals surface area contributed by atoms with Gasteiger partial charge >= 0.3 is 0 Å². The molecule has 0 aromatic heterocycles. The van der Waals surface area contributed by atoms with Crippen molar-refractivity contribution in [3.63, 3.8) is 0 Å². The lowest BCUT2D eigenvalue weighted by atomic mass is 9.66. The van der Waals surface area contributed by atoms with Gasteiger partial charge in [0.05, 0.1) is 33.6 Å². The molecule has 0 amide bonds. The van der Waals surface area contributed by atoms with E-state index >= 15 is 0 Å². The van der Waals surface area contributed by atoms with Gasteiger partial charge in [0, 0.05) is 45.4 Å². The molecule has 2 aromatic carbocycles. The smallest absolute Gasteiger partial charge is 0.184 e. The zero-order chi connectivity index (χ0) is 42.4. The maximum Gasteiger partial charge on any atom is 0.184 e. The third kappa shape index (κ3) is 7.48. The van der Waals surface area contributed by atoms with E-state index in [1.807, 2.05) is 0 Å². The summed E-state index contributed by atoms with van der Waals surface area (Å²) in [6.07, 6.45) is 26.0. The molecule has 2 spiro atoms. The van der Waals surface area contributed by atoms with Crippen molar-refractivity contribution in [1.82, 2.24) is 0 Å². The zero-order valence-electron chi connectivity index (χ0n) is 37.6. The van der Waals surface area contributed by atoms with Gasteiger partial charge in [-0.05, 0) is 125 Å². The van der Waals surface area contributed by atoms with E-state index in [-0.39, 0.29) is 33.6 Å². The van der Waals surface area contributed by atoms with Crippen LogP contribution in [0.3, 0.4) is 0 Å². The summed E-state index contributed by atoms with van der Waals surface area (Å²) in [4.78, 5) is 0. The van der Waals surface area contributed by atoms with Crippen LogP contribution >= 0.6 is 45.2 Å². The topological polar surface area (TPSA) is 36.9 Å². The minimum Gasteiger partial charge on any atom is -0.408 e. The molecule has 4 saturated heterocycles. The molecule has 12 atom stereocenters. The maximum atomic E-state index is 7.36. The van der Waals surface area contributed by atoms with Crippen LogP contribution in [0.2, 0.25) is 39.3 Å². The van der Waals surface area contributed by atoms with Crippen molar-refractivity contribution in [2.24, 2.45) is 35.5 Å². The molecule has 6 fully saturated rings. The number of hydrogen-bond acceptors (Lipinski definition) is 4. The summed E-state index contributed by atoms with van der Waals surface area (Å²) in [7, 11) is -3.56. The average molecular weight is 1070 g/mol. The van der Waals surface area contributed by atoms with Crippen LogP contribution in [0, 0.1) is 35.5 Å². The number of allylic oxidation sites excluding steroid dienone is 2. The lowest BCUT2D eigenvalue weighted by molar-refractivity contribution is -0.222. The molecule has 4 aliphatic carbocycles. The number of rotatable bonds is 8. The van der Waals surface area contributed by atoms with Gasteiger partial charge in [-0.15, -0.1) is 0 Å². The van der Waals surface area contributed by atoms with Gasteiger partial charge in [-0.1, -0.05) is 156 Å². The first-order valence-corrected chi connectivity index (χ1v) is 33.1. The van der Waals surface area contributed by atoms with Crippen molar-refractivity contribution < 1.29 is 18.3 Å². The SMILES string of the molecule is C[C@@H]1C[C@H]2[C@@]34CCC=C[C@@H]3C[C@@](CI)(C[C@]2(O[Si](C)(C)C)/C1=C\c1ccccc1)O4.C[C@H]1C[C@@H]2[C@]34CCC=C[C@H]3C[C@](CI)(C[C@@]2(O[Si](C)(C)C)/C1=C\c1ccccc1)O4. The van der Waals surface area contributed by atoms with Crippen LogP contribution in [0.25, 0.3) is 12.2 Å². The molecule has 0 unspecified atom stereocenters. The van der Waals surface area contributed by atoms with E-state index in [9.17, 15) is 0 Å². The number of benzene rings is 2. The van der Waals surface area contributed by atoms with Crippen molar-refractivity contribution in [2.75, 3.05) is 8.86 Å². The van der Waals surface area contributed by atoms with Crippen LogP contribution in [0.4, 0.5) is 0 Å². The molecule has 8 heteroatoms. The lowest BCUT2D eigenvalue weighted by Crippen LogP contribution is -2.63. The molecule has 4 heterocycles. The Bertz CT molecular complexity index is 1900. The summed E-state index contributed by atoms with van der Waals surface area (Å²) in [6, 6.07) is 21.8. The Hall–Kier alpha value is -0.866. The van der Waals surface area contributed by atoms with E-state index in [1.165, 1.54) is 35.1 Å². The van der Waals surface area contributed by atoms with Crippen molar-refractivity contribution in [2.45, 2.75) is 151 Å². The van der Waals surface area contributed by atoms with Gasteiger partial charge in [0.15, 0.2) is 16.6 Å². The van der Waals surface area contributed by atoms with E-state index in [0.717, 1.165) is 60.2 Å². The molecule has 0 radical (unpaired) electrons. The van der Waals surface area contributed by atoms with Crippen molar-refractivity contribution >= 4 is 74.0 Å². The highest BCUT2D eigenvalue weighted by atomic mass is 127. The highest BCUT2D eigenvalue weighted by molar-refractivity contribution is 14.1. The Kier molecular flexibility index (Phi) is 11.8. The molecule has 0 N–H and O–H groups in total. The third-order valence-electron chi connectivity index (χ3n) is 15.8. The summed E-state index contributed by atoms with van der Waals surface area (Å²) < 4.78 is 31.2. The van der Waals surface area contributed by atoms with Gasteiger partial charge in [0.2, 0.25) is 0 Å². The van der Waals surface area contributed by atoms with E-state index < -0.39 is 16.6 Å². The second kappa shape index (κ2) is 15.9. The molecule has 324 valence electrons. The van der Waals surface area contributed by atoms with Crippen LogP contribution in [-0.2, 0) is 18.3 Å². The van der Waals surface area contributed by atoms with E-state index in [1.54, 1.807) is 0 Å². The van der Waals surface area contributed by atoms with Gasteiger partial charge in [-0.3, -0.25) is 0 Å². The minimum atomic E-state index is -1.78. The molecule has 8 aliphatic rings. The van der Waals surface area contributed by atoms with E-state index in [2.05, 4.69) is 195 Å². The van der Waals surface area contributed by atoms with Crippen molar-refractivity contribution in [1.29, 1.82) is 0 Å². The minimum absolute atomic E-state index is 0.0433. The van der Waals surface area contributed by atoms with Gasteiger partial charge < -0.3 is 18.3 Å². The third-order valence-corrected chi connectivity index (χ3v) is 20.5. The average Bonchev–Trinajstić information content (AvgIpc) is 3.85. The Morgan fingerprint density at radius 2 is 1.00 bits per heavy atom. The van der Waals surface area contributed by atoms with Crippen molar-refractivity contribution in [3.8, 4) is 0 Å². The number of halogens is 2. The van der Waals surface area contributed by atoms with E-state index in [0.29, 0.717) is 35.5 Å². The summed E-state index contributed by atoms with van der Waals surface area (Å²) in [6.45, 7) is 19.1. The number of fused-ring (bicyclic) bond motifs is 4. The molecular weight excluding hydrogens is 999 g/mol. The fourth-order valence-electron chi connectivity index (χ4n) is 14.3. The molecular formula is C52H70I2O4Si2. The first-order valence-electron chi connectivity index (χ1n) is 23.2. The summed E-state index contributed by atoms with van der Waals surface area (Å²) >= 11 is 5.15. The Labute approximate surface area is 391 Å². The van der Waals surface area contributed by atoms with Gasteiger partial charge in [-0.25, -0.2) is 0 Å². The molecule has 4 aliphatic heterocycles. The Morgan fingerprint density at radius 1 is 0.617 bits per heavy atom. The summed E-state index contributed by atoms with van der Waals surface area (Å²) in [5, 5.41) is 0. The largest absolute Gasteiger partial charge is 0.408 e. The molecule has 4 bridgehead atoms. The molecule has 10 rings (SSSR count). The summed E-state index contributed by atoms with van der Waals surface area (Å²) in [5.41, 5.74) is 5.12. The van der Waals surface area contributed by atoms with Crippen LogP contribution in [-0.4, -0.2) is 59.1 Å². The predicted molar refractivity (Wildman–Crippen MR) is 271 cm³/mol. The lowest BCUT2D eigenvalue weighted by Gasteiger charge is -2.56. The molecule has 2 aromatic rings. The molecule has 2 saturated carbocycles.